The minimum atomic E-state index is -2.46. The van der Waals surface area contributed by atoms with Gasteiger partial charge in [-0.1, -0.05) is 219 Å². The number of rotatable bonds is 36. The van der Waals surface area contributed by atoms with Gasteiger partial charge in [0.05, 0.1) is 6.10 Å². The first-order valence-corrected chi connectivity index (χ1v) is 21.5. The van der Waals surface area contributed by atoms with Gasteiger partial charge in [0, 0.05) is 12.8 Å². The monoisotopic (exact) mass is 679 g/mol. The summed E-state index contributed by atoms with van der Waals surface area (Å²) >= 11 is 0. The lowest BCUT2D eigenvalue weighted by Crippen LogP contribution is -2.66. The number of aliphatic hydroxyl groups excluding tert-OH is 1. The van der Waals surface area contributed by atoms with Crippen LogP contribution in [-0.2, 0) is 9.59 Å². The van der Waals surface area contributed by atoms with Gasteiger partial charge < -0.3 is 15.3 Å². The maximum atomic E-state index is 12.7. The third kappa shape index (κ3) is 19.0. The summed E-state index contributed by atoms with van der Waals surface area (Å²) in [6.45, 7) is 4.54. The summed E-state index contributed by atoms with van der Waals surface area (Å²) in [4.78, 5) is 25.4. The van der Waals surface area contributed by atoms with E-state index in [1.54, 1.807) is 0 Å². The van der Waals surface area contributed by atoms with Gasteiger partial charge >= 0.3 is 0 Å². The molecule has 1 fully saturated rings. The second-order valence-electron chi connectivity index (χ2n) is 15.6. The SMILES string of the molecule is CCCCCCCCCCCCCCCCCCC(O)C(O)(CCCCCCCCCCCCCCCCCC)C1(O)C(=O)CCC1=O. The van der Waals surface area contributed by atoms with Crippen LogP contribution in [0.5, 0.6) is 0 Å². The summed E-state index contributed by atoms with van der Waals surface area (Å²) in [5.74, 6) is -1.25. The molecule has 5 heteroatoms. The number of carbonyl (C=O) groups excluding carboxylic acids is 2. The molecule has 1 aliphatic carbocycles. The molecule has 0 aromatic carbocycles. The molecule has 0 amide bonds. The number of unbranched alkanes of at least 4 members (excludes halogenated alkanes) is 30. The van der Waals surface area contributed by atoms with Crippen molar-refractivity contribution in [2.75, 3.05) is 0 Å². The number of hydrogen-bond donors (Lipinski definition) is 3. The van der Waals surface area contributed by atoms with Crippen LogP contribution in [0.1, 0.15) is 245 Å². The highest BCUT2D eigenvalue weighted by Gasteiger charge is 2.64. The number of hydrogen-bond acceptors (Lipinski definition) is 5. The van der Waals surface area contributed by atoms with Crippen LogP contribution in [0.15, 0.2) is 0 Å². The Balaban J connectivity index is 2.21. The fourth-order valence-corrected chi connectivity index (χ4v) is 7.88. The first-order valence-electron chi connectivity index (χ1n) is 21.5. The summed E-state index contributed by atoms with van der Waals surface area (Å²) < 4.78 is 0. The number of ketones is 2. The van der Waals surface area contributed by atoms with E-state index in [2.05, 4.69) is 13.8 Å². The van der Waals surface area contributed by atoms with Gasteiger partial charge in [0.1, 0.15) is 5.60 Å². The standard InChI is InChI=1S/C43H82O5/c1-3-5-7-9-11-13-15-17-19-21-23-25-27-29-31-33-35-39(44)42(47,43(48)40(45)36-37-41(43)46)38-34-32-30-28-26-24-22-20-18-16-14-12-10-8-6-4-2/h39,44,47-48H,3-38H2,1-2H3. The molecule has 284 valence electrons. The van der Waals surface area contributed by atoms with Crippen LogP contribution in [0.4, 0.5) is 0 Å². The van der Waals surface area contributed by atoms with Crippen molar-refractivity contribution in [2.45, 2.75) is 262 Å². The zero-order valence-corrected chi connectivity index (χ0v) is 32.2. The highest BCUT2D eigenvalue weighted by atomic mass is 16.4. The maximum absolute atomic E-state index is 12.7. The minimum absolute atomic E-state index is 0.0532. The number of carbonyl (C=O) groups is 2. The average molecular weight is 679 g/mol. The molecule has 2 unspecified atom stereocenters. The van der Waals surface area contributed by atoms with E-state index in [9.17, 15) is 24.9 Å². The normalized spacial score (nSPS) is 16.5. The Hall–Kier alpha value is -0.780. The lowest BCUT2D eigenvalue weighted by molar-refractivity contribution is -0.203. The van der Waals surface area contributed by atoms with Gasteiger partial charge in [-0.25, -0.2) is 0 Å². The molecular weight excluding hydrogens is 596 g/mol. The van der Waals surface area contributed by atoms with Crippen molar-refractivity contribution >= 4 is 11.6 Å². The van der Waals surface area contributed by atoms with Crippen molar-refractivity contribution in [3.63, 3.8) is 0 Å². The van der Waals surface area contributed by atoms with Crippen LogP contribution in [0.25, 0.3) is 0 Å². The topological polar surface area (TPSA) is 94.8 Å². The van der Waals surface area contributed by atoms with Crippen LogP contribution < -0.4 is 0 Å². The van der Waals surface area contributed by atoms with E-state index in [1.807, 2.05) is 0 Å². The van der Waals surface area contributed by atoms with E-state index >= 15 is 0 Å². The Kier molecular flexibility index (Phi) is 28.2. The Bertz CT molecular complexity index is 750. The van der Waals surface area contributed by atoms with Crippen molar-refractivity contribution in [1.29, 1.82) is 0 Å². The molecule has 0 spiro atoms. The van der Waals surface area contributed by atoms with Crippen molar-refractivity contribution in [1.82, 2.24) is 0 Å². The van der Waals surface area contributed by atoms with E-state index in [0.717, 1.165) is 38.5 Å². The Morgan fingerprint density at radius 2 is 0.729 bits per heavy atom. The summed E-state index contributed by atoms with van der Waals surface area (Å²) in [6, 6.07) is 0. The molecule has 0 radical (unpaired) electrons. The molecular formula is C43H82O5. The zero-order chi connectivity index (χ0) is 35.2. The molecule has 0 saturated heterocycles. The number of aliphatic hydroxyl groups is 3. The number of Topliss-reactive ketones (excluding diaryl/α,β-unsaturated/α-hetero) is 2. The molecule has 0 aromatic heterocycles. The predicted molar refractivity (Wildman–Crippen MR) is 203 cm³/mol. The average Bonchev–Trinajstić information content (AvgIpc) is 3.35. The lowest BCUT2D eigenvalue weighted by Gasteiger charge is -2.42. The predicted octanol–water partition coefficient (Wildman–Crippen LogP) is 12.0. The molecule has 0 aromatic rings. The van der Waals surface area contributed by atoms with E-state index in [-0.39, 0.29) is 19.3 Å². The molecule has 48 heavy (non-hydrogen) atoms. The van der Waals surface area contributed by atoms with Crippen LogP contribution in [-0.4, -0.2) is 44.2 Å². The van der Waals surface area contributed by atoms with Crippen molar-refractivity contribution in [3.05, 3.63) is 0 Å². The van der Waals surface area contributed by atoms with Crippen molar-refractivity contribution in [3.8, 4) is 0 Å². The molecule has 0 bridgehead atoms. The van der Waals surface area contributed by atoms with E-state index < -0.39 is 28.9 Å². The second kappa shape index (κ2) is 29.9. The van der Waals surface area contributed by atoms with Gasteiger partial charge in [0.15, 0.2) is 11.6 Å². The van der Waals surface area contributed by atoms with E-state index in [4.69, 9.17) is 0 Å². The minimum Gasteiger partial charge on any atom is -0.390 e. The van der Waals surface area contributed by atoms with Gasteiger partial charge in [0.2, 0.25) is 5.60 Å². The lowest BCUT2D eigenvalue weighted by atomic mass is 9.71. The fourth-order valence-electron chi connectivity index (χ4n) is 7.88. The third-order valence-corrected chi connectivity index (χ3v) is 11.3. The molecule has 1 aliphatic rings. The van der Waals surface area contributed by atoms with Gasteiger partial charge in [-0.3, -0.25) is 9.59 Å². The van der Waals surface area contributed by atoms with Gasteiger partial charge in [-0.2, -0.15) is 0 Å². The highest BCUT2D eigenvalue weighted by molar-refractivity contribution is 6.17. The third-order valence-electron chi connectivity index (χ3n) is 11.3. The van der Waals surface area contributed by atoms with Gasteiger partial charge in [0.25, 0.3) is 0 Å². The van der Waals surface area contributed by atoms with Crippen LogP contribution in [0.2, 0.25) is 0 Å². The summed E-state index contributed by atoms with van der Waals surface area (Å²) in [5.41, 5.74) is -4.56. The summed E-state index contributed by atoms with van der Waals surface area (Å²) in [5, 5.41) is 34.1. The molecule has 0 aliphatic heterocycles. The second-order valence-corrected chi connectivity index (χ2v) is 15.6. The van der Waals surface area contributed by atoms with Crippen molar-refractivity contribution in [2.24, 2.45) is 0 Å². The smallest absolute Gasteiger partial charge is 0.212 e. The molecule has 3 N–H and O–H groups in total. The van der Waals surface area contributed by atoms with E-state index in [0.29, 0.717) is 12.8 Å². The van der Waals surface area contributed by atoms with Crippen LogP contribution >= 0.6 is 0 Å². The van der Waals surface area contributed by atoms with Gasteiger partial charge in [-0.05, 0) is 12.8 Å². The van der Waals surface area contributed by atoms with Gasteiger partial charge in [-0.15, -0.1) is 0 Å². The first-order chi connectivity index (χ1) is 23.3. The van der Waals surface area contributed by atoms with Crippen LogP contribution in [0.3, 0.4) is 0 Å². The molecule has 0 heterocycles. The fraction of sp³-hybridized carbons (Fsp3) is 0.953. The molecule has 1 saturated carbocycles. The largest absolute Gasteiger partial charge is 0.390 e. The molecule has 5 nitrogen and oxygen atoms in total. The molecule has 2 atom stereocenters. The first kappa shape index (κ1) is 45.2. The van der Waals surface area contributed by atoms with Crippen molar-refractivity contribution < 1.29 is 24.9 Å². The quantitative estimate of drug-likeness (QED) is 0.0453. The Morgan fingerprint density at radius 3 is 1.02 bits per heavy atom. The van der Waals surface area contributed by atoms with E-state index in [1.165, 1.54) is 161 Å². The highest BCUT2D eigenvalue weighted by Crippen LogP contribution is 2.40. The summed E-state index contributed by atoms with van der Waals surface area (Å²) in [6.07, 6.45) is 38.9. The van der Waals surface area contributed by atoms with Crippen LogP contribution in [0, 0.1) is 0 Å². The summed E-state index contributed by atoms with van der Waals surface area (Å²) in [7, 11) is 0. The Morgan fingerprint density at radius 1 is 0.479 bits per heavy atom. The molecule has 1 rings (SSSR count). The zero-order valence-electron chi connectivity index (χ0n) is 32.2. The maximum Gasteiger partial charge on any atom is 0.212 e. The Labute approximate surface area is 298 Å².